The quantitative estimate of drug-likeness (QED) is 0.746. The Kier molecular flexibility index (Phi) is 6.61. The van der Waals surface area contributed by atoms with Crippen LogP contribution in [-0.4, -0.2) is 28.9 Å². The number of carbonyl (C=O) groups excluding carboxylic acids is 2. The fourth-order valence-corrected chi connectivity index (χ4v) is 2.76. The van der Waals surface area contributed by atoms with Crippen LogP contribution in [0.5, 0.6) is 0 Å². The maximum atomic E-state index is 12.8. The summed E-state index contributed by atoms with van der Waals surface area (Å²) in [4.78, 5) is 24.2. The van der Waals surface area contributed by atoms with Crippen LogP contribution in [0.15, 0.2) is 47.4 Å². The van der Waals surface area contributed by atoms with Crippen molar-refractivity contribution in [1.82, 2.24) is 0 Å². The van der Waals surface area contributed by atoms with E-state index in [1.807, 2.05) is 0 Å². The highest BCUT2D eigenvalue weighted by Gasteiger charge is 2.33. The Morgan fingerprint density at radius 2 is 1.78 bits per heavy atom. The van der Waals surface area contributed by atoms with Crippen molar-refractivity contribution < 1.29 is 31.7 Å². The Labute approximate surface area is 159 Å². The fraction of sp³-hybridized carbons (Fsp3) is 0.176. The largest absolute Gasteiger partial charge is 0.452 e. The Morgan fingerprint density at radius 3 is 2.33 bits per heavy atom. The van der Waals surface area contributed by atoms with Gasteiger partial charge in [0.05, 0.1) is 16.1 Å². The summed E-state index contributed by atoms with van der Waals surface area (Å²) < 4.78 is 54.5. The van der Waals surface area contributed by atoms with E-state index in [-0.39, 0.29) is 11.3 Å². The van der Waals surface area contributed by atoms with Crippen molar-refractivity contribution in [2.75, 3.05) is 18.2 Å². The van der Waals surface area contributed by atoms with Crippen LogP contribution in [0.2, 0.25) is 5.02 Å². The van der Waals surface area contributed by atoms with Crippen molar-refractivity contribution >= 4 is 40.0 Å². The molecular weight excluding hydrogens is 407 g/mol. The van der Waals surface area contributed by atoms with Gasteiger partial charge in [-0.15, -0.1) is 0 Å². The van der Waals surface area contributed by atoms with Crippen molar-refractivity contribution in [1.29, 1.82) is 0 Å². The van der Waals surface area contributed by atoms with Gasteiger partial charge in [0.2, 0.25) is 0 Å². The van der Waals surface area contributed by atoms with Gasteiger partial charge >= 0.3 is 12.1 Å². The number of anilines is 1. The lowest BCUT2D eigenvalue weighted by Crippen LogP contribution is -2.21. The molecule has 0 aromatic heterocycles. The average Bonchev–Trinajstić information content (AvgIpc) is 2.60. The fourth-order valence-electron chi connectivity index (χ4n) is 2.01. The summed E-state index contributed by atoms with van der Waals surface area (Å²) in [7, 11) is -1.20. The summed E-state index contributed by atoms with van der Waals surface area (Å²) in [5.74, 6) is -1.62. The topological polar surface area (TPSA) is 72.5 Å². The number of nitrogens with one attached hydrogen (secondary N) is 1. The van der Waals surface area contributed by atoms with Crippen molar-refractivity contribution in [2.24, 2.45) is 0 Å². The Bertz CT molecular complexity index is 885. The zero-order valence-corrected chi connectivity index (χ0v) is 15.4. The number of carbonyl (C=O) groups is 2. The molecule has 27 heavy (non-hydrogen) atoms. The number of ether oxygens (including phenoxy) is 1. The van der Waals surface area contributed by atoms with E-state index in [1.54, 1.807) is 0 Å². The molecule has 0 saturated heterocycles. The van der Waals surface area contributed by atoms with Crippen LogP contribution in [0, 0.1) is 0 Å². The number of hydrogen-bond acceptors (Lipinski definition) is 4. The number of esters is 1. The molecule has 0 aliphatic heterocycles. The molecule has 1 amide bonds. The molecule has 0 aliphatic rings. The number of halogens is 4. The predicted octanol–water partition coefficient (Wildman–Crippen LogP) is 3.89. The molecule has 144 valence electrons. The summed E-state index contributed by atoms with van der Waals surface area (Å²) in [5.41, 5.74) is -1.09. The summed E-state index contributed by atoms with van der Waals surface area (Å²) >= 11 is 5.50. The monoisotopic (exact) mass is 419 g/mol. The van der Waals surface area contributed by atoms with Crippen LogP contribution in [0.3, 0.4) is 0 Å². The van der Waals surface area contributed by atoms with Gasteiger partial charge in [0.25, 0.3) is 5.91 Å². The summed E-state index contributed by atoms with van der Waals surface area (Å²) in [6, 6.07) is 8.65. The van der Waals surface area contributed by atoms with Crippen molar-refractivity contribution in [3.63, 3.8) is 0 Å². The molecule has 0 radical (unpaired) electrons. The first-order chi connectivity index (χ1) is 12.6. The number of hydrogen-bond donors (Lipinski definition) is 1. The van der Waals surface area contributed by atoms with E-state index in [2.05, 4.69) is 5.32 Å². The van der Waals surface area contributed by atoms with Crippen molar-refractivity contribution in [3.8, 4) is 0 Å². The molecule has 5 nitrogen and oxygen atoms in total. The molecule has 0 aliphatic carbocycles. The highest BCUT2D eigenvalue weighted by Crippen LogP contribution is 2.36. The molecule has 1 N–H and O–H groups in total. The van der Waals surface area contributed by atoms with Gasteiger partial charge in [-0.3, -0.25) is 9.00 Å². The summed E-state index contributed by atoms with van der Waals surface area (Å²) in [5, 5.41) is 1.70. The molecule has 2 rings (SSSR count). The molecule has 1 atom stereocenters. The third kappa shape index (κ3) is 5.80. The van der Waals surface area contributed by atoms with Gasteiger partial charge in [-0.25, -0.2) is 4.79 Å². The van der Waals surface area contributed by atoms with Gasteiger partial charge in [-0.1, -0.05) is 11.6 Å². The lowest BCUT2D eigenvalue weighted by Gasteiger charge is -2.12. The third-order valence-electron chi connectivity index (χ3n) is 3.31. The molecule has 0 saturated carbocycles. The molecule has 0 fully saturated rings. The van der Waals surface area contributed by atoms with Crippen LogP contribution < -0.4 is 5.32 Å². The molecule has 0 bridgehead atoms. The van der Waals surface area contributed by atoms with E-state index in [1.165, 1.54) is 36.6 Å². The molecule has 0 spiro atoms. The second-order valence-electron chi connectivity index (χ2n) is 5.30. The first-order valence-electron chi connectivity index (χ1n) is 7.35. The van der Waals surface area contributed by atoms with Gasteiger partial charge in [-0.2, -0.15) is 13.2 Å². The van der Waals surface area contributed by atoms with Gasteiger partial charge in [-0.05, 0) is 42.5 Å². The lowest BCUT2D eigenvalue weighted by atomic mass is 10.2. The number of benzene rings is 2. The van der Waals surface area contributed by atoms with Gasteiger partial charge in [0.1, 0.15) is 0 Å². The van der Waals surface area contributed by atoms with Gasteiger partial charge < -0.3 is 10.1 Å². The van der Waals surface area contributed by atoms with Crippen LogP contribution in [0.25, 0.3) is 0 Å². The minimum atomic E-state index is -4.67. The second kappa shape index (κ2) is 8.53. The molecule has 1 unspecified atom stereocenters. The molecule has 0 heterocycles. The van der Waals surface area contributed by atoms with E-state index < -0.39 is 46.0 Å². The number of rotatable bonds is 5. The number of amides is 1. The normalized spacial score (nSPS) is 12.3. The van der Waals surface area contributed by atoms with Crippen LogP contribution >= 0.6 is 11.6 Å². The molecular formula is C17H13ClF3NO4S. The first-order valence-corrected chi connectivity index (χ1v) is 9.29. The first kappa shape index (κ1) is 20.9. The van der Waals surface area contributed by atoms with Crippen LogP contribution in [-0.2, 0) is 26.5 Å². The molecule has 2 aromatic rings. The van der Waals surface area contributed by atoms with Crippen LogP contribution in [0.1, 0.15) is 15.9 Å². The minimum absolute atomic E-state index is 0.137. The van der Waals surface area contributed by atoms with E-state index in [9.17, 15) is 27.0 Å². The predicted molar refractivity (Wildman–Crippen MR) is 94.1 cm³/mol. The highest BCUT2D eigenvalue weighted by molar-refractivity contribution is 7.84. The molecule has 10 heteroatoms. The Morgan fingerprint density at radius 1 is 1.15 bits per heavy atom. The molecule has 2 aromatic carbocycles. The summed E-state index contributed by atoms with van der Waals surface area (Å²) in [6.07, 6.45) is -3.18. The standard InChI is InChI=1S/C17H13ClF3NO4S/c1-27(25)12-5-2-10(3-6-12)16(24)26-9-15(23)22-11-4-7-14(18)13(8-11)17(19,20)21/h2-8H,9H2,1H3,(H,22,23). The number of alkyl halides is 3. The van der Waals surface area contributed by atoms with E-state index in [0.29, 0.717) is 11.0 Å². The highest BCUT2D eigenvalue weighted by atomic mass is 35.5. The maximum Gasteiger partial charge on any atom is 0.417 e. The smallest absolute Gasteiger partial charge is 0.417 e. The lowest BCUT2D eigenvalue weighted by molar-refractivity contribution is -0.137. The maximum absolute atomic E-state index is 12.8. The van der Waals surface area contributed by atoms with Gasteiger partial charge in [0, 0.05) is 27.6 Å². The summed E-state index contributed by atoms with van der Waals surface area (Å²) in [6.45, 7) is -0.690. The van der Waals surface area contributed by atoms with E-state index in [0.717, 1.165) is 6.07 Å². The van der Waals surface area contributed by atoms with Crippen molar-refractivity contribution in [3.05, 3.63) is 58.6 Å². The average molecular weight is 420 g/mol. The van der Waals surface area contributed by atoms with Gasteiger partial charge in [0.15, 0.2) is 6.61 Å². The zero-order valence-electron chi connectivity index (χ0n) is 13.8. The minimum Gasteiger partial charge on any atom is -0.452 e. The third-order valence-corrected chi connectivity index (χ3v) is 4.58. The Balaban J connectivity index is 1.96. The van der Waals surface area contributed by atoms with E-state index in [4.69, 9.17) is 16.3 Å². The second-order valence-corrected chi connectivity index (χ2v) is 7.08. The van der Waals surface area contributed by atoms with Crippen molar-refractivity contribution in [2.45, 2.75) is 11.1 Å². The Hall–Kier alpha value is -2.39. The van der Waals surface area contributed by atoms with Crippen LogP contribution in [0.4, 0.5) is 18.9 Å². The van der Waals surface area contributed by atoms with E-state index >= 15 is 0 Å². The SMILES string of the molecule is CS(=O)c1ccc(C(=O)OCC(=O)Nc2ccc(Cl)c(C(F)(F)F)c2)cc1. The zero-order chi connectivity index (χ0) is 20.2.